The Balaban J connectivity index is 1.26. The molecule has 0 saturated carbocycles. The van der Waals surface area contributed by atoms with E-state index in [0.717, 1.165) is 0 Å². The minimum Gasteiger partial charge on any atom is -0.351 e. The van der Waals surface area contributed by atoms with Gasteiger partial charge in [-0.15, -0.1) is 0 Å². The van der Waals surface area contributed by atoms with Gasteiger partial charge in [0, 0.05) is 50.6 Å². The van der Waals surface area contributed by atoms with Gasteiger partial charge >= 0.3 is 0 Å². The average Bonchev–Trinajstić information content (AvgIpc) is 3.46. The van der Waals surface area contributed by atoms with Crippen LogP contribution in [0.5, 0.6) is 0 Å². The van der Waals surface area contributed by atoms with Gasteiger partial charge in [0.1, 0.15) is 12.1 Å². The number of piperidine rings is 1. The SMILES string of the molecule is CC(=O)N1CCC(C(=O)N[C@@H]2C[C@H]3C(=O)N[C@@H]4CCN(C(=O)c5ccccc5)[C@@H]4C(=O)N3C2)CC1. The number of hydrogen-bond donors (Lipinski definition) is 2. The highest BCUT2D eigenvalue weighted by Crippen LogP contribution is 2.30. The second-order valence-corrected chi connectivity index (χ2v) is 9.94. The zero-order valence-electron chi connectivity index (χ0n) is 19.8. The molecule has 5 amide bonds. The molecule has 0 spiro atoms. The molecular formula is C25H31N5O5. The summed E-state index contributed by atoms with van der Waals surface area (Å²) in [6.45, 7) is 3.28. The van der Waals surface area contributed by atoms with Crippen molar-refractivity contribution in [2.24, 2.45) is 5.92 Å². The molecule has 1 aromatic carbocycles. The molecule has 4 saturated heterocycles. The van der Waals surface area contributed by atoms with Gasteiger partial charge in [0.15, 0.2) is 0 Å². The molecule has 1 aromatic rings. The molecule has 10 nitrogen and oxygen atoms in total. The summed E-state index contributed by atoms with van der Waals surface area (Å²) in [4.78, 5) is 69.0. The van der Waals surface area contributed by atoms with Crippen molar-refractivity contribution < 1.29 is 24.0 Å². The Morgan fingerprint density at radius 1 is 1.00 bits per heavy atom. The Morgan fingerprint density at radius 2 is 1.71 bits per heavy atom. The van der Waals surface area contributed by atoms with Gasteiger partial charge in [-0.3, -0.25) is 24.0 Å². The number of likely N-dealkylation sites (tertiary alicyclic amines) is 2. The molecule has 10 heteroatoms. The molecule has 35 heavy (non-hydrogen) atoms. The average molecular weight is 482 g/mol. The first-order valence-corrected chi connectivity index (χ1v) is 12.4. The van der Waals surface area contributed by atoms with E-state index in [4.69, 9.17) is 0 Å². The van der Waals surface area contributed by atoms with Crippen molar-refractivity contribution in [1.82, 2.24) is 25.3 Å². The van der Waals surface area contributed by atoms with Crippen molar-refractivity contribution in [3.8, 4) is 0 Å². The second-order valence-electron chi connectivity index (χ2n) is 9.94. The van der Waals surface area contributed by atoms with E-state index in [9.17, 15) is 24.0 Å². The first kappa shape index (κ1) is 23.3. The van der Waals surface area contributed by atoms with E-state index in [1.165, 1.54) is 6.92 Å². The van der Waals surface area contributed by atoms with E-state index < -0.39 is 18.1 Å². The fourth-order valence-corrected chi connectivity index (χ4v) is 5.88. The molecule has 4 aliphatic rings. The van der Waals surface area contributed by atoms with Crippen LogP contribution in [-0.2, 0) is 19.2 Å². The van der Waals surface area contributed by atoms with Crippen LogP contribution in [0.1, 0.15) is 43.0 Å². The number of amides is 5. The van der Waals surface area contributed by atoms with Gasteiger partial charge in [0.05, 0.1) is 6.04 Å². The Hall–Kier alpha value is -3.43. The topological polar surface area (TPSA) is 119 Å². The summed E-state index contributed by atoms with van der Waals surface area (Å²) in [5.41, 5.74) is 0.510. The van der Waals surface area contributed by atoms with Gasteiger partial charge in [-0.2, -0.15) is 0 Å². The minimum absolute atomic E-state index is 0.0159. The summed E-state index contributed by atoms with van der Waals surface area (Å²) in [7, 11) is 0. The molecule has 0 aliphatic carbocycles. The maximum atomic E-state index is 13.6. The van der Waals surface area contributed by atoms with Crippen LogP contribution in [0.3, 0.4) is 0 Å². The predicted octanol–water partition coefficient (Wildman–Crippen LogP) is -0.256. The molecule has 4 heterocycles. The number of nitrogens with one attached hydrogen (secondary N) is 2. The van der Waals surface area contributed by atoms with E-state index in [2.05, 4.69) is 10.6 Å². The lowest BCUT2D eigenvalue weighted by atomic mass is 9.95. The molecule has 186 valence electrons. The summed E-state index contributed by atoms with van der Waals surface area (Å²) >= 11 is 0. The highest BCUT2D eigenvalue weighted by atomic mass is 16.2. The maximum absolute atomic E-state index is 13.6. The molecule has 4 fully saturated rings. The minimum atomic E-state index is -0.748. The zero-order valence-corrected chi connectivity index (χ0v) is 19.8. The molecule has 4 aliphatic heterocycles. The largest absolute Gasteiger partial charge is 0.351 e. The molecule has 0 aromatic heterocycles. The van der Waals surface area contributed by atoms with E-state index >= 15 is 0 Å². The lowest BCUT2D eigenvalue weighted by Gasteiger charge is -2.31. The zero-order chi connectivity index (χ0) is 24.7. The first-order chi connectivity index (χ1) is 16.8. The van der Waals surface area contributed by atoms with Crippen LogP contribution in [0, 0.1) is 5.92 Å². The Kier molecular flexibility index (Phi) is 6.21. The fourth-order valence-electron chi connectivity index (χ4n) is 5.88. The number of hydrogen-bond acceptors (Lipinski definition) is 5. The lowest BCUT2D eigenvalue weighted by Crippen LogP contribution is -2.53. The van der Waals surface area contributed by atoms with Crippen molar-refractivity contribution >= 4 is 29.5 Å². The molecular weight excluding hydrogens is 450 g/mol. The number of rotatable bonds is 3. The molecule has 2 N–H and O–H groups in total. The Labute approximate surface area is 204 Å². The van der Waals surface area contributed by atoms with Crippen LogP contribution >= 0.6 is 0 Å². The van der Waals surface area contributed by atoms with Gasteiger partial charge in [0.25, 0.3) is 5.91 Å². The smallest absolute Gasteiger partial charge is 0.254 e. The molecule has 5 rings (SSSR count). The number of carbonyl (C=O) groups excluding carboxylic acids is 5. The highest BCUT2D eigenvalue weighted by molar-refractivity contribution is 6.00. The lowest BCUT2D eigenvalue weighted by molar-refractivity contribution is -0.138. The van der Waals surface area contributed by atoms with Crippen molar-refractivity contribution in [3.05, 3.63) is 35.9 Å². The standard InChI is InChI=1S/C25H31N5O5/c1-15(31)28-10-7-16(8-11-28)22(32)26-18-13-20-23(33)27-19-9-12-29(21(19)25(35)30(20)14-18)24(34)17-5-3-2-4-6-17/h2-6,16,18-21H,7-14H2,1H3,(H,26,32)(H,27,33)/t18-,19-,20+,21+/m1/s1. The van der Waals surface area contributed by atoms with Crippen LogP contribution in [0.25, 0.3) is 0 Å². The summed E-state index contributed by atoms with van der Waals surface area (Å²) in [5.74, 6) is -0.961. The van der Waals surface area contributed by atoms with Crippen molar-refractivity contribution in [3.63, 3.8) is 0 Å². The fraction of sp³-hybridized carbons (Fsp3) is 0.560. The van der Waals surface area contributed by atoms with E-state index in [-0.39, 0.29) is 48.0 Å². The number of benzene rings is 1. The first-order valence-electron chi connectivity index (χ1n) is 12.4. The van der Waals surface area contributed by atoms with E-state index in [1.54, 1.807) is 39.0 Å². The van der Waals surface area contributed by atoms with Gasteiger partial charge in [0.2, 0.25) is 23.6 Å². The monoisotopic (exact) mass is 481 g/mol. The number of carbonyl (C=O) groups is 5. The maximum Gasteiger partial charge on any atom is 0.254 e. The van der Waals surface area contributed by atoms with Gasteiger partial charge in [-0.25, -0.2) is 0 Å². The van der Waals surface area contributed by atoms with Gasteiger partial charge in [-0.1, -0.05) is 18.2 Å². The Bertz CT molecular complexity index is 1040. The Morgan fingerprint density at radius 3 is 2.40 bits per heavy atom. The third kappa shape index (κ3) is 4.37. The van der Waals surface area contributed by atoms with E-state index in [1.807, 2.05) is 6.07 Å². The summed E-state index contributed by atoms with van der Waals surface area (Å²) < 4.78 is 0. The van der Waals surface area contributed by atoms with Gasteiger partial charge < -0.3 is 25.3 Å². The molecule has 0 unspecified atom stereocenters. The normalized spacial score (nSPS) is 28.8. The van der Waals surface area contributed by atoms with Crippen molar-refractivity contribution in [2.75, 3.05) is 26.2 Å². The number of nitrogens with zero attached hydrogens (tertiary/aromatic N) is 3. The van der Waals surface area contributed by atoms with Crippen LogP contribution < -0.4 is 10.6 Å². The molecule has 0 bridgehead atoms. The highest BCUT2D eigenvalue weighted by Gasteiger charge is 2.52. The van der Waals surface area contributed by atoms with Crippen LogP contribution in [-0.4, -0.2) is 94.6 Å². The third-order valence-electron chi connectivity index (χ3n) is 7.80. The van der Waals surface area contributed by atoms with Crippen LogP contribution in [0.4, 0.5) is 0 Å². The van der Waals surface area contributed by atoms with E-state index in [0.29, 0.717) is 50.9 Å². The van der Waals surface area contributed by atoms with Gasteiger partial charge in [-0.05, 0) is 37.8 Å². The number of fused-ring (bicyclic) bond motifs is 2. The summed E-state index contributed by atoms with van der Waals surface area (Å²) in [5, 5.41) is 6.02. The molecule has 0 radical (unpaired) electrons. The second kappa shape index (κ2) is 9.31. The van der Waals surface area contributed by atoms with Crippen molar-refractivity contribution in [1.29, 1.82) is 0 Å². The van der Waals surface area contributed by atoms with Crippen molar-refractivity contribution in [2.45, 2.75) is 56.8 Å². The van der Waals surface area contributed by atoms with Crippen LogP contribution in [0.15, 0.2) is 30.3 Å². The summed E-state index contributed by atoms with van der Waals surface area (Å²) in [6.07, 6.45) is 2.08. The third-order valence-corrected chi connectivity index (χ3v) is 7.80. The van der Waals surface area contributed by atoms with Crippen LogP contribution in [0.2, 0.25) is 0 Å². The summed E-state index contributed by atoms with van der Waals surface area (Å²) in [6, 6.07) is 6.69. The quantitative estimate of drug-likeness (QED) is 0.617. The predicted molar refractivity (Wildman–Crippen MR) is 125 cm³/mol. The molecule has 4 atom stereocenters.